The van der Waals surface area contributed by atoms with Crippen LogP contribution in [0.4, 0.5) is 4.79 Å². The van der Waals surface area contributed by atoms with E-state index in [0.29, 0.717) is 51.6 Å². The second-order valence-corrected chi connectivity index (χ2v) is 11.2. The van der Waals surface area contributed by atoms with E-state index in [4.69, 9.17) is 9.47 Å². The number of Topliss-reactive ketones (excluding diaryl/α,β-unsaturated/α-hetero) is 1. The first-order chi connectivity index (χ1) is 19.8. The van der Waals surface area contributed by atoms with Gasteiger partial charge in [0.25, 0.3) is 0 Å². The van der Waals surface area contributed by atoms with Crippen molar-refractivity contribution in [1.82, 2.24) is 24.7 Å². The minimum atomic E-state index is -1.06. The number of carbonyl (C=O) groups excluding carboxylic acids is 2. The molecule has 2 aromatic rings. The molecule has 11 heteroatoms. The van der Waals surface area contributed by atoms with Gasteiger partial charge in [-0.2, -0.15) is 0 Å². The van der Waals surface area contributed by atoms with Gasteiger partial charge in [0.1, 0.15) is 11.5 Å². The van der Waals surface area contributed by atoms with Crippen LogP contribution in [-0.2, 0) is 20.8 Å². The molecule has 4 rings (SSSR count). The molecule has 0 radical (unpaired) electrons. The first-order valence-corrected chi connectivity index (χ1v) is 14.5. The molecule has 224 valence electrons. The number of benzene rings is 1. The van der Waals surface area contributed by atoms with Crippen LogP contribution < -0.4 is 5.32 Å². The number of imidazole rings is 1. The van der Waals surface area contributed by atoms with Crippen molar-refractivity contribution in [2.45, 2.75) is 51.7 Å². The van der Waals surface area contributed by atoms with E-state index in [1.807, 2.05) is 48.7 Å². The fourth-order valence-corrected chi connectivity index (χ4v) is 5.71. The van der Waals surface area contributed by atoms with Gasteiger partial charge in [-0.3, -0.25) is 9.59 Å². The zero-order valence-corrected chi connectivity index (χ0v) is 24.3. The van der Waals surface area contributed by atoms with Gasteiger partial charge in [0.15, 0.2) is 5.78 Å². The highest BCUT2D eigenvalue weighted by atomic mass is 16.5. The van der Waals surface area contributed by atoms with Gasteiger partial charge < -0.3 is 34.3 Å². The van der Waals surface area contributed by atoms with E-state index >= 15 is 0 Å². The molecule has 1 aromatic heterocycles. The van der Waals surface area contributed by atoms with Crippen molar-refractivity contribution < 1.29 is 29.0 Å². The Morgan fingerprint density at radius 3 is 2.49 bits per heavy atom. The maximum Gasteiger partial charge on any atom is 0.407 e. The molecule has 3 atom stereocenters. The number of likely N-dealkylation sites (tertiary alicyclic amines) is 1. The Labute approximate surface area is 241 Å². The number of hydrogen-bond acceptors (Lipinski definition) is 7. The average Bonchev–Trinajstić information content (AvgIpc) is 3.41. The summed E-state index contributed by atoms with van der Waals surface area (Å²) in [5, 5.41) is 13.3. The van der Waals surface area contributed by atoms with Crippen molar-refractivity contribution in [3.05, 3.63) is 42.2 Å². The summed E-state index contributed by atoms with van der Waals surface area (Å²) in [6.45, 7) is 7.54. The quantitative estimate of drug-likeness (QED) is 0.295. The number of nitrogens with zero attached hydrogens (tertiary/aromatic N) is 4. The number of hydrogen-bond donors (Lipinski definition) is 2. The van der Waals surface area contributed by atoms with Gasteiger partial charge >= 0.3 is 6.09 Å². The van der Waals surface area contributed by atoms with Crippen LogP contribution in [0.1, 0.15) is 43.6 Å². The molecule has 1 unspecified atom stereocenters. The number of carboxylic acid groups (broad SMARTS) is 1. The summed E-state index contributed by atoms with van der Waals surface area (Å²) in [7, 11) is 1.68. The molecule has 2 saturated heterocycles. The molecule has 2 N–H and O–H groups in total. The van der Waals surface area contributed by atoms with Crippen molar-refractivity contribution in [1.29, 1.82) is 0 Å². The zero-order valence-electron chi connectivity index (χ0n) is 24.3. The first kappa shape index (κ1) is 30.7. The van der Waals surface area contributed by atoms with Crippen LogP contribution in [0.25, 0.3) is 11.4 Å². The number of piperidine rings is 1. The van der Waals surface area contributed by atoms with E-state index in [-0.39, 0.29) is 36.7 Å². The van der Waals surface area contributed by atoms with Crippen LogP contribution in [0.5, 0.6) is 0 Å². The number of methoxy groups -OCH3 is 1. The second-order valence-electron chi connectivity index (χ2n) is 11.2. The lowest BCUT2D eigenvalue weighted by Gasteiger charge is -2.40. The third-order valence-corrected chi connectivity index (χ3v) is 7.88. The molecule has 2 aliphatic heterocycles. The van der Waals surface area contributed by atoms with Crippen molar-refractivity contribution in [3.8, 4) is 11.4 Å². The molecule has 2 fully saturated rings. The van der Waals surface area contributed by atoms with Gasteiger partial charge in [-0.15, -0.1) is 0 Å². The first-order valence-electron chi connectivity index (χ1n) is 14.5. The van der Waals surface area contributed by atoms with E-state index in [1.165, 1.54) is 4.90 Å². The molecule has 1 aromatic carbocycles. The summed E-state index contributed by atoms with van der Waals surface area (Å²) in [6.07, 6.45) is 2.72. The Bertz CT molecular complexity index is 1160. The van der Waals surface area contributed by atoms with E-state index in [2.05, 4.69) is 10.3 Å². The van der Waals surface area contributed by atoms with Crippen LogP contribution in [0, 0.1) is 11.8 Å². The molecule has 0 aliphatic carbocycles. The summed E-state index contributed by atoms with van der Waals surface area (Å²) in [5.41, 5.74) is 1.44. The van der Waals surface area contributed by atoms with Gasteiger partial charge in [0.05, 0.1) is 31.4 Å². The Balaban J connectivity index is 1.56. The number of amides is 2. The van der Waals surface area contributed by atoms with E-state index in [1.54, 1.807) is 18.2 Å². The van der Waals surface area contributed by atoms with Gasteiger partial charge in [-0.25, -0.2) is 9.78 Å². The smallest absolute Gasteiger partial charge is 0.407 e. The molecule has 2 amide bonds. The summed E-state index contributed by atoms with van der Waals surface area (Å²) in [6, 6.07) is 8.88. The van der Waals surface area contributed by atoms with Gasteiger partial charge in [-0.1, -0.05) is 44.2 Å². The largest absolute Gasteiger partial charge is 0.465 e. The van der Waals surface area contributed by atoms with Crippen molar-refractivity contribution >= 4 is 17.8 Å². The number of ketones is 1. The normalized spacial score (nSPS) is 20.3. The molecule has 41 heavy (non-hydrogen) atoms. The van der Waals surface area contributed by atoms with Crippen molar-refractivity contribution in [2.75, 3.05) is 53.1 Å². The molecule has 0 bridgehead atoms. The number of nitrogens with one attached hydrogen (secondary N) is 1. The fraction of sp³-hybridized carbons (Fsp3) is 0.600. The number of carbonyl (C=O) groups is 3. The van der Waals surface area contributed by atoms with Gasteiger partial charge in [0, 0.05) is 58.0 Å². The summed E-state index contributed by atoms with van der Waals surface area (Å²) >= 11 is 0. The van der Waals surface area contributed by atoms with Crippen molar-refractivity contribution in [3.63, 3.8) is 0 Å². The Morgan fingerprint density at radius 2 is 1.83 bits per heavy atom. The van der Waals surface area contributed by atoms with Crippen molar-refractivity contribution in [2.24, 2.45) is 11.8 Å². The Kier molecular flexibility index (Phi) is 10.9. The lowest BCUT2D eigenvalue weighted by atomic mass is 9.90. The molecular formula is C30H43N5O6. The van der Waals surface area contributed by atoms with Crippen LogP contribution in [0.3, 0.4) is 0 Å². The fourth-order valence-electron chi connectivity index (χ4n) is 5.71. The SMILES string of the molecule is COCCCCn1c(C(=O)C(N[C@H]2C[C@@H](C(=O)N3CCOCC3)CN(C(=O)O)C2)C(C)C)cnc1-c1ccccc1. The minimum absolute atomic E-state index is 0.0555. The van der Waals surface area contributed by atoms with Gasteiger partial charge in [0.2, 0.25) is 5.91 Å². The third-order valence-electron chi connectivity index (χ3n) is 7.88. The number of unbranched alkanes of at least 4 members (excludes halogenated alkanes) is 1. The summed E-state index contributed by atoms with van der Waals surface area (Å²) in [4.78, 5) is 47.2. The number of aromatic nitrogens is 2. The highest BCUT2D eigenvalue weighted by Gasteiger charge is 2.38. The lowest BCUT2D eigenvalue weighted by molar-refractivity contribution is -0.141. The van der Waals surface area contributed by atoms with Crippen LogP contribution >= 0.6 is 0 Å². The molecule has 0 saturated carbocycles. The highest BCUT2D eigenvalue weighted by Crippen LogP contribution is 2.25. The van der Waals surface area contributed by atoms with Crippen LogP contribution in [-0.4, -0.2) is 107 Å². The van der Waals surface area contributed by atoms with E-state index in [0.717, 1.165) is 24.2 Å². The monoisotopic (exact) mass is 569 g/mol. The van der Waals surface area contributed by atoms with Crippen LogP contribution in [0.15, 0.2) is 36.5 Å². The predicted molar refractivity (Wildman–Crippen MR) is 154 cm³/mol. The second kappa shape index (κ2) is 14.6. The highest BCUT2D eigenvalue weighted by molar-refractivity contribution is 5.99. The molecule has 2 aliphatic rings. The van der Waals surface area contributed by atoms with Gasteiger partial charge in [-0.05, 0) is 25.2 Å². The lowest BCUT2D eigenvalue weighted by Crippen LogP contribution is -2.58. The maximum absolute atomic E-state index is 14.1. The van der Waals surface area contributed by atoms with E-state index < -0.39 is 18.1 Å². The summed E-state index contributed by atoms with van der Waals surface area (Å²) < 4.78 is 12.6. The predicted octanol–water partition coefficient (Wildman–Crippen LogP) is 3.00. The molecule has 3 heterocycles. The summed E-state index contributed by atoms with van der Waals surface area (Å²) in [5.74, 6) is 0.0345. The van der Waals surface area contributed by atoms with Crippen LogP contribution in [0.2, 0.25) is 0 Å². The number of rotatable bonds is 12. The minimum Gasteiger partial charge on any atom is -0.465 e. The zero-order chi connectivity index (χ0) is 29.4. The average molecular weight is 570 g/mol. The Morgan fingerprint density at radius 1 is 1.10 bits per heavy atom. The molecule has 11 nitrogen and oxygen atoms in total. The topological polar surface area (TPSA) is 126 Å². The third kappa shape index (κ3) is 7.72. The molecular weight excluding hydrogens is 526 g/mol. The van der Waals surface area contributed by atoms with E-state index in [9.17, 15) is 19.5 Å². The number of morpholine rings is 1. The molecule has 0 spiro atoms. The standard InChI is InChI=1S/C30H43N5O6/c1-21(2)26(32-24-17-23(19-34(20-24)30(38)39)29(37)33-12-15-41-16-13-33)27(36)25-18-31-28(22-9-5-4-6-10-22)35(25)11-7-8-14-40-3/h4-6,9-10,18,21,23-24,26,32H,7-8,11-17,19-20H2,1-3H3,(H,38,39)/t23-,24+,26?/m1/s1. The maximum atomic E-state index is 14.1. The Hall–Kier alpha value is -3.28. The number of ether oxygens (including phenoxy) is 2.